The number of carbonyl (C=O) groups excluding carboxylic acids is 1. The van der Waals surface area contributed by atoms with Gasteiger partial charge in [0, 0.05) is 6.42 Å². The van der Waals surface area contributed by atoms with Crippen molar-refractivity contribution in [2.75, 3.05) is 19.8 Å². The second-order valence-corrected chi connectivity index (χ2v) is 22.9. The molecule has 0 spiro atoms. The molecule has 2 aliphatic heterocycles. The van der Waals surface area contributed by atoms with Crippen LogP contribution < -0.4 is 5.32 Å². The highest BCUT2D eigenvalue weighted by molar-refractivity contribution is 5.76. The Morgan fingerprint density at radius 3 is 1.32 bits per heavy atom. The smallest absolute Gasteiger partial charge is 0.220 e. The van der Waals surface area contributed by atoms with Crippen LogP contribution in [0.1, 0.15) is 258 Å². The molecule has 12 atom stereocenters. The lowest BCUT2D eigenvalue weighted by atomic mass is 9.97. The molecule has 12 unspecified atom stereocenters. The summed E-state index contributed by atoms with van der Waals surface area (Å²) in [6.45, 7) is 2.71. The van der Waals surface area contributed by atoms with Crippen LogP contribution in [-0.4, -0.2) is 140 Å². The Hall–Kier alpha value is -2.31. The van der Waals surface area contributed by atoms with Gasteiger partial charge >= 0.3 is 0 Å². The van der Waals surface area contributed by atoms with Crippen LogP contribution in [0.3, 0.4) is 0 Å². The summed E-state index contributed by atoms with van der Waals surface area (Å²) in [5.41, 5.74) is 0. The van der Waals surface area contributed by atoms with E-state index in [2.05, 4.69) is 67.8 Å². The van der Waals surface area contributed by atoms with Crippen molar-refractivity contribution in [2.24, 2.45) is 0 Å². The van der Waals surface area contributed by atoms with Gasteiger partial charge in [0.1, 0.15) is 48.8 Å². The van der Waals surface area contributed by atoms with E-state index in [1.54, 1.807) is 6.08 Å². The van der Waals surface area contributed by atoms with E-state index in [0.29, 0.717) is 6.42 Å². The molecule has 14 heteroatoms. The van der Waals surface area contributed by atoms with Crippen LogP contribution in [0.15, 0.2) is 60.8 Å². The van der Waals surface area contributed by atoms with Gasteiger partial charge in [-0.05, 0) is 57.8 Å². The molecule has 466 valence electrons. The molecule has 0 aromatic rings. The van der Waals surface area contributed by atoms with E-state index in [1.165, 1.54) is 167 Å². The lowest BCUT2D eigenvalue weighted by Gasteiger charge is -2.46. The molecule has 0 radical (unpaired) electrons. The first-order valence-corrected chi connectivity index (χ1v) is 32.5. The summed E-state index contributed by atoms with van der Waals surface area (Å²) in [5, 5.41) is 87.3. The molecule has 2 rings (SSSR count). The van der Waals surface area contributed by atoms with Crippen molar-refractivity contribution in [2.45, 2.75) is 331 Å². The summed E-state index contributed by atoms with van der Waals surface area (Å²) in [5.74, 6) is -0.239. The highest BCUT2D eigenvalue weighted by Crippen LogP contribution is 2.30. The predicted molar refractivity (Wildman–Crippen MR) is 323 cm³/mol. The zero-order chi connectivity index (χ0) is 58.1. The largest absolute Gasteiger partial charge is 0.394 e. The minimum Gasteiger partial charge on any atom is -0.394 e. The minimum atomic E-state index is -1.79. The molecule has 1 amide bonds. The molecule has 2 heterocycles. The average Bonchev–Trinajstić information content (AvgIpc) is 3.49. The van der Waals surface area contributed by atoms with Crippen LogP contribution in [0.25, 0.3) is 0 Å². The number of ether oxygens (including phenoxy) is 4. The van der Waals surface area contributed by atoms with Crippen molar-refractivity contribution >= 4 is 5.91 Å². The van der Waals surface area contributed by atoms with E-state index >= 15 is 0 Å². The fourth-order valence-corrected chi connectivity index (χ4v) is 10.5. The van der Waals surface area contributed by atoms with Crippen molar-refractivity contribution in [3.63, 3.8) is 0 Å². The minimum absolute atomic E-state index is 0.239. The van der Waals surface area contributed by atoms with E-state index in [1.807, 2.05) is 6.08 Å². The van der Waals surface area contributed by atoms with Gasteiger partial charge in [0.2, 0.25) is 5.91 Å². The van der Waals surface area contributed by atoms with Crippen molar-refractivity contribution in [1.29, 1.82) is 0 Å². The number of hydrogen-bond donors (Lipinski definition) is 9. The molecule has 0 bridgehead atoms. The van der Waals surface area contributed by atoms with Gasteiger partial charge in [-0.25, -0.2) is 0 Å². The first kappa shape index (κ1) is 73.8. The molecule has 9 N–H and O–H groups in total. The Bertz CT molecular complexity index is 1570. The molecule has 14 nitrogen and oxygen atoms in total. The molecule has 2 fully saturated rings. The van der Waals surface area contributed by atoms with Crippen LogP contribution in [0.5, 0.6) is 0 Å². The van der Waals surface area contributed by atoms with Gasteiger partial charge in [-0.1, -0.05) is 254 Å². The number of aliphatic hydroxyl groups is 8. The first-order valence-electron chi connectivity index (χ1n) is 32.5. The average molecular weight is 1130 g/mol. The van der Waals surface area contributed by atoms with Crippen molar-refractivity contribution in [1.82, 2.24) is 5.32 Å². The highest BCUT2D eigenvalue weighted by atomic mass is 16.7. The third-order valence-electron chi connectivity index (χ3n) is 15.7. The molecule has 0 aliphatic carbocycles. The lowest BCUT2D eigenvalue weighted by Crippen LogP contribution is -2.65. The number of hydrogen-bond acceptors (Lipinski definition) is 13. The molecule has 0 aromatic carbocycles. The van der Waals surface area contributed by atoms with Gasteiger partial charge in [-0.2, -0.15) is 0 Å². The molecule has 0 aromatic heterocycles. The van der Waals surface area contributed by atoms with Gasteiger partial charge < -0.3 is 65.1 Å². The summed E-state index contributed by atoms with van der Waals surface area (Å²) in [6.07, 6.45) is 49.7. The number of nitrogens with one attached hydrogen (secondary N) is 1. The summed E-state index contributed by atoms with van der Waals surface area (Å²) < 4.78 is 22.8. The Labute approximate surface area is 486 Å². The van der Waals surface area contributed by atoms with Crippen LogP contribution in [0.4, 0.5) is 0 Å². The van der Waals surface area contributed by atoms with E-state index in [4.69, 9.17) is 18.9 Å². The van der Waals surface area contributed by atoms with Crippen molar-refractivity contribution in [3.8, 4) is 0 Å². The maximum absolute atomic E-state index is 13.3. The summed E-state index contributed by atoms with van der Waals surface area (Å²) in [4.78, 5) is 13.3. The van der Waals surface area contributed by atoms with Crippen molar-refractivity contribution < 1.29 is 64.6 Å². The molecule has 80 heavy (non-hydrogen) atoms. The van der Waals surface area contributed by atoms with Gasteiger partial charge in [-0.15, -0.1) is 0 Å². The summed E-state index contributed by atoms with van der Waals surface area (Å²) in [6, 6.07) is -0.917. The standard InChI is InChI=1S/C66H119NO13/c1-3-5-7-9-11-13-15-17-19-21-23-24-25-26-27-28-29-30-32-34-36-38-40-42-44-46-48-50-58(71)67-54(55(70)49-47-45-43-41-39-37-35-33-31-22-20-18-16-14-12-10-8-6-4-2)53-77-65-63(76)61(74)64(57(52-69)79-65)80-66-62(75)60(73)59(72)56(51-68)78-66/h5,7,11,13,17,19,23-24,47,49,54-57,59-66,68-70,72-76H,3-4,6,8-10,12,14-16,18,20-22,25-46,48,50-53H2,1-2H3,(H,67,71)/b7-5-,13-11-,19-17-,24-23-,49-47+. The van der Waals surface area contributed by atoms with Gasteiger partial charge in [0.05, 0.1) is 32.0 Å². The second-order valence-electron chi connectivity index (χ2n) is 22.9. The summed E-state index contributed by atoms with van der Waals surface area (Å²) >= 11 is 0. The zero-order valence-corrected chi connectivity index (χ0v) is 50.3. The molecule has 2 aliphatic rings. The number of amides is 1. The monoisotopic (exact) mass is 1130 g/mol. The topological polar surface area (TPSA) is 228 Å². The van der Waals surface area contributed by atoms with Gasteiger partial charge in [0.25, 0.3) is 0 Å². The number of allylic oxidation sites excluding steroid dienone is 9. The SMILES string of the molecule is CC/C=C\C/C=C\C/C=C\C/C=C\CCCCCCCCCCCCCCCCC(=O)NC(COC1OC(CO)C(OC2OC(CO)C(O)C(O)C2O)C(O)C1O)C(O)/C=C/CCCCCCCCCCCCCCCCCCC. The van der Waals surface area contributed by atoms with Gasteiger partial charge in [-0.3, -0.25) is 4.79 Å². The third-order valence-corrected chi connectivity index (χ3v) is 15.7. The van der Waals surface area contributed by atoms with Crippen LogP contribution >= 0.6 is 0 Å². The van der Waals surface area contributed by atoms with Crippen molar-refractivity contribution in [3.05, 3.63) is 60.8 Å². The van der Waals surface area contributed by atoms with Gasteiger partial charge in [0.15, 0.2) is 12.6 Å². The van der Waals surface area contributed by atoms with Crippen LogP contribution in [0, 0.1) is 0 Å². The van der Waals surface area contributed by atoms with E-state index < -0.39 is 86.8 Å². The number of unbranched alkanes of at least 4 members (excludes halogenated alkanes) is 31. The quantitative estimate of drug-likeness (QED) is 0.0204. The number of carbonyl (C=O) groups is 1. The molecule has 2 saturated heterocycles. The van der Waals surface area contributed by atoms with E-state index in [0.717, 1.165) is 64.2 Å². The number of rotatable bonds is 52. The Balaban J connectivity index is 1.71. The lowest BCUT2D eigenvalue weighted by molar-refractivity contribution is -0.359. The molecule has 0 saturated carbocycles. The van der Waals surface area contributed by atoms with Crippen LogP contribution in [0.2, 0.25) is 0 Å². The van der Waals surface area contributed by atoms with E-state index in [-0.39, 0.29) is 18.9 Å². The Morgan fingerprint density at radius 1 is 0.463 bits per heavy atom. The fourth-order valence-electron chi connectivity index (χ4n) is 10.5. The fraction of sp³-hybridized carbons (Fsp3) is 0.833. The Morgan fingerprint density at radius 2 is 0.863 bits per heavy atom. The first-order chi connectivity index (χ1) is 39.1. The maximum atomic E-state index is 13.3. The van der Waals surface area contributed by atoms with E-state index in [9.17, 15) is 45.6 Å². The third kappa shape index (κ3) is 35.7. The maximum Gasteiger partial charge on any atom is 0.220 e. The molecular formula is C66H119NO13. The normalized spacial score (nSPS) is 24.6. The molecular weight excluding hydrogens is 1010 g/mol. The summed E-state index contributed by atoms with van der Waals surface area (Å²) in [7, 11) is 0. The predicted octanol–water partition coefficient (Wildman–Crippen LogP) is 12.1. The number of aliphatic hydroxyl groups excluding tert-OH is 8. The highest BCUT2D eigenvalue weighted by Gasteiger charge is 2.51. The van der Waals surface area contributed by atoms with Crippen LogP contribution in [-0.2, 0) is 23.7 Å². The Kier molecular flexibility index (Phi) is 47.2. The second kappa shape index (κ2) is 51.1. The zero-order valence-electron chi connectivity index (χ0n) is 50.3.